The van der Waals surface area contributed by atoms with Crippen molar-refractivity contribution in [3.8, 4) is 6.07 Å². The van der Waals surface area contributed by atoms with Crippen LogP contribution in [0, 0.1) is 34.9 Å². The van der Waals surface area contributed by atoms with Gasteiger partial charge in [0.1, 0.15) is 11.2 Å². The van der Waals surface area contributed by atoms with Gasteiger partial charge in [-0.15, -0.1) is 0 Å². The van der Waals surface area contributed by atoms with Crippen LogP contribution in [0.1, 0.15) is 44.2 Å². The fraction of sp³-hybridized carbons (Fsp3) is 0.529. The lowest BCUT2D eigenvalue weighted by Gasteiger charge is -2.39. The SMILES string of the molecule is Cc1ccc(F)cc1CC1(C#N)CCCC(C)(C)C1=O. The molecule has 0 N–H and O–H groups in total. The number of hydrogen-bond donors (Lipinski definition) is 0. The first-order valence-electron chi connectivity index (χ1n) is 7.02. The summed E-state index contributed by atoms with van der Waals surface area (Å²) in [5, 5.41) is 9.60. The van der Waals surface area contributed by atoms with Crippen molar-refractivity contribution in [2.45, 2.75) is 46.5 Å². The standard InChI is InChI=1S/C17H20FNO/c1-12-5-6-14(18)9-13(12)10-17(11-19)8-4-7-16(2,3)15(17)20/h5-6,9H,4,7-8,10H2,1-3H3. The highest BCUT2D eigenvalue weighted by molar-refractivity contribution is 5.93. The second kappa shape index (κ2) is 5.01. The number of rotatable bonds is 2. The molecule has 0 amide bonds. The van der Waals surface area contributed by atoms with Crippen LogP contribution in [0.2, 0.25) is 0 Å². The van der Waals surface area contributed by atoms with Gasteiger partial charge in [0.25, 0.3) is 0 Å². The van der Waals surface area contributed by atoms with Crippen molar-refractivity contribution >= 4 is 5.78 Å². The normalized spacial score (nSPS) is 25.2. The van der Waals surface area contributed by atoms with Gasteiger partial charge in [0.05, 0.1) is 6.07 Å². The molecule has 1 aromatic rings. The smallest absolute Gasteiger partial charge is 0.158 e. The molecule has 0 spiro atoms. The van der Waals surface area contributed by atoms with Gasteiger partial charge in [-0.05, 0) is 49.4 Å². The van der Waals surface area contributed by atoms with E-state index in [-0.39, 0.29) is 11.6 Å². The van der Waals surface area contributed by atoms with Gasteiger partial charge in [-0.3, -0.25) is 4.79 Å². The molecule has 1 fully saturated rings. The molecule has 0 aliphatic heterocycles. The first kappa shape index (κ1) is 14.7. The predicted molar refractivity (Wildman–Crippen MR) is 75.5 cm³/mol. The molecule has 1 atom stereocenters. The number of ketones is 1. The Morgan fingerprint density at radius 2 is 2.05 bits per heavy atom. The summed E-state index contributed by atoms with van der Waals surface area (Å²) in [4.78, 5) is 12.7. The van der Waals surface area contributed by atoms with Crippen molar-refractivity contribution in [2.75, 3.05) is 0 Å². The van der Waals surface area contributed by atoms with Crippen LogP contribution < -0.4 is 0 Å². The zero-order valence-electron chi connectivity index (χ0n) is 12.3. The molecule has 0 radical (unpaired) electrons. The highest BCUT2D eigenvalue weighted by Gasteiger charge is 2.49. The summed E-state index contributed by atoms with van der Waals surface area (Å²) in [5.74, 6) is -0.316. The fourth-order valence-corrected chi connectivity index (χ4v) is 3.18. The molecule has 0 saturated heterocycles. The highest BCUT2D eigenvalue weighted by atomic mass is 19.1. The van der Waals surface area contributed by atoms with Crippen LogP contribution in [0.25, 0.3) is 0 Å². The molecule has 0 heterocycles. The maximum atomic E-state index is 13.4. The first-order valence-corrected chi connectivity index (χ1v) is 7.02. The van der Waals surface area contributed by atoms with Crippen molar-refractivity contribution in [1.82, 2.24) is 0 Å². The topological polar surface area (TPSA) is 40.9 Å². The molecule has 0 bridgehead atoms. The Kier molecular flexibility index (Phi) is 3.69. The van der Waals surface area contributed by atoms with Gasteiger partial charge in [-0.25, -0.2) is 4.39 Å². The van der Waals surface area contributed by atoms with Crippen LogP contribution in [-0.4, -0.2) is 5.78 Å². The largest absolute Gasteiger partial charge is 0.297 e. The summed E-state index contributed by atoms with van der Waals surface area (Å²) < 4.78 is 13.4. The number of carbonyl (C=O) groups excluding carboxylic acids is 1. The van der Waals surface area contributed by atoms with Crippen molar-refractivity contribution < 1.29 is 9.18 Å². The third kappa shape index (κ3) is 2.47. The molecular formula is C17H20FNO. The molecule has 1 aliphatic carbocycles. The van der Waals surface area contributed by atoms with Crippen LogP contribution in [0.15, 0.2) is 18.2 Å². The van der Waals surface area contributed by atoms with E-state index in [2.05, 4.69) is 6.07 Å². The van der Waals surface area contributed by atoms with Crippen molar-refractivity contribution in [3.63, 3.8) is 0 Å². The lowest BCUT2D eigenvalue weighted by atomic mass is 9.61. The van der Waals surface area contributed by atoms with Crippen LogP contribution in [0.4, 0.5) is 4.39 Å². The Hall–Kier alpha value is -1.69. The van der Waals surface area contributed by atoms with Gasteiger partial charge < -0.3 is 0 Å². The van der Waals surface area contributed by atoms with E-state index >= 15 is 0 Å². The maximum absolute atomic E-state index is 13.4. The number of nitriles is 1. The van der Waals surface area contributed by atoms with E-state index in [4.69, 9.17) is 0 Å². The molecule has 1 unspecified atom stereocenters. The zero-order chi connectivity index (χ0) is 15.0. The number of Topliss-reactive ketones (excluding diaryl/α,β-unsaturated/α-hetero) is 1. The van der Waals surface area contributed by atoms with E-state index in [1.165, 1.54) is 12.1 Å². The van der Waals surface area contributed by atoms with Gasteiger partial charge >= 0.3 is 0 Å². The van der Waals surface area contributed by atoms with E-state index in [9.17, 15) is 14.4 Å². The van der Waals surface area contributed by atoms with E-state index in [1.807, 2.05) is 20.8 Å². The van der Waals surface area contributed by atoms with Gasteiger partial charge in [0.2, 0.25) is 0 Å². The predicted octanol–water partition coefficient (Wildman–Crippen LogP) is 3.97. The average Bonchev–Trinajstić information content (AvgIpc) is 2.39. The molecule has 1 aliphatic rings. The Morgan fingerprint density at radius 3 is 2.70 bits per heavy atom. The lowest BCUT2D eigenvalue weighted by molar-refractivity contribution is -0.138. The van der Waals surface area contributed by atoms with Gasteiger partial charge in [0.15, 0.2) is 5.78 Å². The Morgan fingerprint density at radius 1 is 1.35 bits per heavy atom. The minimum atomic E-state index is -1.000. The molecular weight excluding hydrogens is 253 g/mol. The molecule has 2 rings (SSSR count). The molecule has 20 heavy (non-hydrogen) atoms. The van der Waals surface area contributed by atoms with Gasteiger partial charge in [0, 0.05) is 5.41 Å². The number of carbonyl (C=O) groups is 1. The summed E-state index contributed by atoms with van der Waals surface area (Å²) in [6, 6.07) is 6.80. The van der Waals surface area contributed by atoms with Crippen molar-refractivity contribution in [2.24, 2.45) is 10.8 Å². The number of halogens is 1. The molecule has 1 aromatic carbocycles. The fourth-order valence-electron chi connectivity index (χ4n) is 3.18. The van der Waals surface area contributed by atoms with E-state index < -0.39 is 10.8 Å². The Labute approximate surface area is 119 Å². The summed E-state index contributed by atoms with van der Waals surface area (Å²) in [7, 11) is 0. The van der Waals surface area contributed by atoms with Crippen LogP contribution >= 0.6 is 0 Å². The third-order valence-electron chi connectivity index (χ3n) is 4.47. The monoisotopic (exact) mass is 273 g/mol. The number of nitrogens with zero attached hydrogens (tertiary/aromatic N) is 1. The molecule has 106 valence electrons. The Bertz CT molecular complexity index is 585. The first-order chi connectivity index (χ1) is 9.31. The van der Waals surface area contributed by atoms with Crippen LogP contribution in [0.3, 0.4) is 0 Å². The lowest BCUT2D eigenvalue weighted by Crippen LogP contribution is -2.45. The molecule has 0 aromatic heterocycles. The Balaban J connectivity index is 2.40. The van der Waals surface area contributed by atoms with Gasteiger partial charge in [-0.1, -0.05) is 26.3 Å². The van der Waals surface area contributed by atoms with Crippen LogP contribution in [-0.2, 0) is 11.2 Å². The van der Waals surface area contributed by atoms with Gasteiger partial charge in [-0.2, -0.15) is 5.26 Å². The molecule has 1 saturated carbocycles. The number of benzene rings is 1. The zero-order valence-corrected chi connectivity index (χ0v) is 12.3. The minimum Gasteiger partial charge on any atom is -0.297 e. The maximum Gasteiger partial charge on any atom is 0.158 e. The van der Waals surface area contributed by atoms with E-state index in [0.717, 1.165) is 24.0 Å². The van der Waals surface area contributed by atoms with Crippen molar-refractivity contribution in [1.29, 1.82) is 5.26 Å². The van der Waals surface area contributed by atoms with E-state index in [0.29, 0.717) is 12.8 Å². The average molecular weight is 273 g/mol. The summed E-state index contributed by atoms with van der Waals surface area (Å²) in [5.41, 5.74) is 0.227. The summed E-state index contributed by atoms with van der Waals surface area (Å²) in [6.45, 7) is 5.69. The molecule has 3 heteroatoms. The minimum absolute atomic E-state index is 0.00223. The summed E-state index contributed by atoms with van der Waals surface area (Å²) >= 11 is 0. The van der Waals surface area contributed by atoms with Crippen LogP contribution in [0.5, 0.6) is 0 Å². The second-order valence-electron chi connectivity index (χ2n) is 6.51. The summed E-state index contributed by atoms with van der Waals surface area (Å²) in [6.07, 6.45) is 2.56. The quantitative estimate of drug-likeness (QED) is 0.818. The second-order valence-corrected chi connectivity index (χ2v) is 6.51. The van der Waals surface area contributed by atoms with Crippen molar-refractivity contribution in [3.05, 3.63) is 35.1 Å². The molecule has 2 nitrogen and oxygen atoms in total. The highest BCUT2D eigenvalue weighted by Crippen LogP contribution is 2.44. The number of hydrogen-bond acceptors (Lipinski definition) is 2. The number of aryl methyl sites for hydroxylation is 1. The van der Waals surface area contributed by atoms with E-state index in [1.54, 1.807) is 6.07 Å². The third-order valence-corrected chi connectivity index (χ3v) is 4.47.